The van der Waals surface area contributed by atoms with Gasteiger partial charge in [0, 0.05) is 19.2 Å². The molecule has 0 saturated heterocycles. The van der Waals surface area contributed by atoms with Gasteiger partial charge in [0.05, 0.1) is 11.8 Å². The van der Waals surface area contributed by atoms with E-state index >= 15 is 0 Å². The van der Waals surface area contributed by atoms with Crippen molar-refractivity contribution in [3.63, 3.8) is 0 Å². The van der Waals surface area contributed by atoms with E-state index in [4.69, 9.17) is 5.11 Å². The Labute approximate surface area is 122 Å². The predicted octanol–water partition coefficient (Wildman–Crippen LogP) is 0.719. The quantitative estimate of drug-likeness (QED) is 0.712. The molecule has 1 heterocycles. The molecule has 0 spiro atoms. The Morgan fingerprint density at radius 2 is 2.30 bits per heavy atom. The number of aromatic nitrogens is 4. The van der Waals surface area contributed by atoms with E-state index in [1.54, 1.807) is 4.90 Å². The van der Waals surface area contributed by atoms with Crippen LogP contribution in [0.5, 0.6) is 0 Å². The summed E-state index contributed by atoms with van der Waals surface area (Å²) in [4.78, 5) is 14.0. The van der Waals surface area contributed by atoms with Gasteiger partial charge in [-0.15, -0.1) is 5.10 Å². The minimum atomic E-state index is 0.0591. The van der Waals surface area contributed by atoms with E-state index in [0.717, 1.165) is 12.8 Å². The Balaban J connectivity index is 1.87. The number of hydrogen-bond acceptors (Lipinski definition) is 6. The third-order valence-electron chi connectivity index (χ3n) is 3.18. The molecular weight excluding hydrogens is 278 g/mol. The highest BCUT2D eigenvalue weighted by Gasteiger charge is 2.28. The summed E-state index contributed by atoms with van der Waals surface area (Å²) in [5.41, 5.74) is 0. The molecule has 0 bridgehead atoms. The van der Waals surface area contributed by atoms with Gasteiger partial charge in [0.2, 0.25) is 11.1 Å². The first-order chi connectivity index (χ1) is 9.63. The van der Waals surface area contributed by atoms with Crippen molar-refractivity contribution in [2.75, 3.05) is 18.9 Å². The second-order valence-electron chi connectivity index (χ2n) is 5.18. The summed E-state index contributed by atoms with van der Waals surface area (Å²) in [7, 11) is 0. The molecule has 2 rings (SSSR count). The summed E-state index contributed by atoms with van der Waals surface area (Å²) in [6.07, 6.45) is 2.83. The molecule has 1 saturated carbocycles. The van der Waals surface area contributed by atoms with Crippen LogP contribution >= 0.6 is 11.8 Å². The Morgan fingerprint density at radius 3 is 2.90 bits per heavy atom. The molecule has 1 fully saturated rings. The third kappa shape index (κ3) is 3.92. The van der Waals surface area contributed by atoms with Gasteiger partial charge in [0.25, 0.3) is 0 Å². The molecule has 1 aromatic rings. The maximum absolute atomic E-state index is 12.2. The van der Waals surface area contributed by atoms with E-state index in [2.05, 4.69) is 15.5 Å². The zero-order chi connectivity index (χ0) is 14.5. The molecule has 1 aromatic heterocycles. The molecular formula is C12H21N5O2S. The fourth-order valence-corrected chi connectivity index (χ4v) is 2.78. The molecule has 1 aliphatic rings. The first kappa shape index (κ1) is 15.2. The molecule has 112 valence electrons. The molecule has 0 atom stereocenters. The van der Waals surface area contributed by atoms with E-state index in [1.807, 2.05) is 18.5 Å². The van der Waals surface area contributed by atoms with Crippen molar-refractivity contribution < 1.29 is 9.90 Å². The Hall–Kier alpha value is -1.15. The van der Waals surface area contributed by atoms with Crippen molar-refractivity contribution in [2.24, 2.45) is 0 Å². The number of thioether (sulfide) groups is 1. The molecule has 0 radical (unpaired) electrons. The van der Waals surface area contributed by atoms with Gasteiger partial charge in [-0.3, -0.25) is 4.79 Å². The summed E-state index contributed by atoms with van der Waals surface area (Å²) >= 11 is 1.38. The lowest BCUT2D eigenvalue weighted by Crippen LogP contribution is -2.39. The van der Waals surface area contributed by atoms with Crippen molar-refractivity contribution >= 4 is 17.7 Å². The van der Waals surface area contributed by atoms with Gasteiger partial charge in [-0.05, 0) is 43.5 Å². The normalized spacial score (nSPS) is 14.8. The summed E-state index contributed by atoms with van der Waals surface area (Å²) in [6, 6.07) is 0.548. The van der Waals surface area contributed by atoms with Crippen LogP contribution in [-0.4, -0.2) is 61.1 Å². The lowest BCUT2D eigenvalue weighted by atomic mass is 10.3. The number of carbonyl (C=O) groups excluding carboxylic acids is 1. The number of nitrogens with zero attached hydrogens (tertiary/aromatic N) is 5. The maximum atomic E-state index is 12.2. The van der Waals surface area contributed by atoms with Crippen molar-refractivity contribution in [1.29, 1.82) is 0 Å². The minimum absolute atomic E-state index is 0.0591. The molecule has 20 heavy (non-hydrogen) atoms. The van der Waals surface area contributed by atoms with E-state index < -0.39 is 0 Å². The molecule has 1 aliphatic carbocycles. The number of aliphatic hydroxyl groups excluding tert-OH is 1. The van der Waals surface area contributed by atoms with Crippen molar-refractivity contribution in [3.8, 4) is 0 Å². The monoisotopic (exact) mass is 299 g/mol. The average Bonchev–Trinajstić information content (AvgIpc) is 3.15. The second-order valence-corrected chi connectivity index (χ2v) is 6.13. The van der Waals surface area contributed by atoms with Gasteiger partial charge in [0.1, 0.15) is 0 Å². The summed E-state index contributed by atoms with van der Waals surface area (Å²) < 4.78 is 1.81. The highest BCUT2D eigenvalue weighted by molar-refractivity contribution is 7.99. The Morgan fingerprint density at radius 1 is 1.55 bits per heavy atom. The van der Waals surface area contributed by atoms with Gasteiger partial charge in [-0.2, -0.15) is 0 Å². The van der Waals surface area contributed by atoms with E-state index in [1.165, 1.54) is 11.8 Å². The lowest BCUT2D eigenvalue weighted by molar-refractivity contribution is -0.130. The van der Waals surface area contributed by atoms with Gasteiger partial charge in [-0.1, -0.05) is 11.8 Å². The Kier molecular flexibility index (Phi) is 5.36. The van der Waals surface area contributed by atoms with Gasteiger partial charge in [0.15, 0.2) is 0 Å². The SMILES string of the molecule is CC(C)N(CCCO)C(=O)CSc1nnnn1C1CC1. The van der Waals surface area contributed by atoms with Crippen molar-refractivity contribution in [1.82, 2.24) is 25.1 Å². The highest BCUT2D eigenvalue weighted by atomic mass is 32.2. The van der Waals surface area contributed by atoms with Crippen molar-refractivity contribution in [3.05, 3.63) is 0 Å². The minimum Gasteiger partial charge on any atom is -0.396 e. The fraction of sp³-hybridized carbons (Fsp3) is 0.833. The molecule has 0 unspecified atom stereocenters. The second kappa shape index (κ2) is 7.03. The lowest BCUT2D eigenvalue weighted by Gasteiger charge is -2.26. The van der Waals surface area contributed by atoms with Gasteiger partial charge in [-0.25, -0.2) is 4.68 Å². The molecule has 7 nitrogen and oxygen atoms in total. The van der Waals surface area contributed by atoms with Crippen LogP contribution in [0.2, 0.25) is 0 Å². The van der Waals surface area contributed by atoms with Crippen LogP contribution in [0.15, 0.2) is 5.16 Å². The van der Waals surface area contributed by atoms with E-state index in [-0.39, 0.29) is 18.6 Å². The first-order valence-corrected chi connectivity index (χ1v) is 7.93. The zero-order valence-electron chi connectivity index (χ0n) is 11.9. The number of tetrazole rings is 1. The summed E-state index contributed by atoms with van der Waals surface area (Å²) in [5.74, 6) is 0.389. The van der Waals surface area contributed by atoms with Crippen molar-refractivity contribution in [2.45, 2.75) is 50.4 Å². The first-order valence-electron chi connectivity index (χ1n) is 6.94. The number of hydrogen-bond donors (Lipinski definition) is 1. The largest absolute Gasteiger partial charge is 0.396 e. The van der Waals surface area contributed by atoms with Crippen LogP contribution in [0.3, 0.4) is 0 Å². The number of amides is 1. The smallest absolute Gasteiger partial charge is 0.233 e. The van der Waals surface area contributed by atoms with Gasteiger partial charge < -0.3 is 10.0 Å². The van der Waals surface area contributed by atoms with Gasteiger partial charge >= 0.3 is 0 Å². The number of aliphatic hydroxyl groups is 1. The number of carbonyl (C=O) groups is 1. The van der Waals surface area contributed by atoms with Crippen LogP contribution in [0, 0.1) is 0 Å². The molecule has 0 aliphatic heterocycles. The predicted molar refractivity (Wildman–Crippen MR) is 75.4 cm³/mol. The maximum Gasteiger partial charge on any atom is 0.233 e. The standard InChI is InChI=1S/C12H21N5O2S/c1-9(2)16(6-3-7-18)11(19)8-20-12-13-14-15-17(12)10-4-5-10/h9-10,18H,3-8H2,1-2H3. The highest BCUT2D eigenvalue weighted by Crippen LogP contribution is 2.36. The molecule has 0 aromatic carbocycles. The molecule has 1 amide bonds. The average molecular weight is 299 g/mol. The third-order valence-corrected chi connectivity index (χ3v) is 4.10. The van der Waals surface area contributed by atoms with Crippen LogP contribution in [0.1, 0.15) is 39.2 Å². The van der Waals surface area contributed by atoms with Crippen LogP contribution in [0.25, 0.3) is 0 Å². The summed E-state index contributed by atoms with van der Waals surface area (Å²) in [6.45, 7) is 4.65. The topological polar surface area (TPSA) is 84.1 Å². The molecule has 8 heteroatoms. The van der Waals surface area contributed by atoms with Crippen LogP contribution in [0.4, 0.5) is 0 Å². The Bertz CT molecular complexity index is 447. The number of rotatable bonds is 8. The van der Waals surface area contributed by atoms with Crippen LogP contribution in [-0.2, 0) is 4.79 Å². The van der Waals surface area contributed by atoms with Crippen LogP contribution < -0.4 is 0 Å². The van der Waals surface area contributed by atoms with E-state index in [0.29, 0.717) is 29.9 Å². The molecule has 1 N–H and O–H groups in total. The fourth-order valence-electron chi connectivity index (χ4n) is 1.95. The van der Waals surface area contributed by atoms with E-state index in [9.17, 15) is 4.79 Å². The summed E-state index contributed by atoms with van der Waals surface area (Å²) in [5, 5.41) is 21.2. The zero-order valence-corrected chi connectivity index (χ0v) is 12.7.